The monoisotopic (exact) mass is 470 g/mol. The Morgan fingerprint density at radius 1 is 1.09 bits per heavy atom. The van der Waals surface area contributed by atoms with E-state index in [0.717, 1.165) is 36.4 Å². The molecule has 0 bridgehead atoms. The highest BCUT2D eigenvalue weighted by Crippen LogP contribution is 2.38. The van der Waals surface area contributed by atoms with Crippen LogP contribution in [0.4, 0.5) is 5.69 Å². The van der Waals surface area contributed by atoms with Crippen LogP contribution in [0.3, 0.4) is 0 Å². The molecule has 1 heterocycles. The second-order valence-electron chi connectivity index (χ2n) is 8.31. The van der Waals surface area contributed by atoms with Crippen molar-refractivity contribution in [3.05, 3.63) is 53.6 Å². The maximum Gasteiger partial charge on any atom is 0.332 e. The molecule has 0 radical (unpaired) electrons. The Morgan fingerprint density at radius 3 is 2.70 bits per heavy atom. The number of carbonyl (C=O) groups excluding carboxylic acids is 2. The van der Waals surface area contributed by atoms with E-state index >= 15 is 0 Å². The fourth-order valence-electron chi connectivity index (χ4n) is 3.86. The third-order valence-corrected chi connectivity index (χ3v) is 6.89. The summed E-state index contributed by atoms with van der Waals surface area (Å²) in [6.45, 7) is 7.88. The number of hydrogen-bond acceptors (Lipinski definition) is 7. The number of nitrogens with zero attached hydrogens (tertiary/aromatic N) is 1. The van der Waals surface area contributed by atoms with E-state index in [4.69, 9.17) is 9.47 Å². The van der Waals surface area contributed by atoms with Crippen molar-refractivity contribution < 1.29 is 19.1 Å². The van der Waals surface area contributed by atoms with E-state index in [2.05, 4.69) is 55.3 Å². The van der Waals surface area contributed by atoms with Gasteiger partial charge in [0.05, 0.1) is 5.69 Å². The summed E-state index contributed by atoms with van der Waals surface area (Å²) >= 11 is 1.70. The Bertz CT molecular complexity index is 950. The number of benzene rings is 2. The van der Waals surface area contributed by atoms with Crippen molar-refractivity contribution in [3.8, 4) is 0 Å². The van der Waals surface area contributed by atoms with Crippen molar-refractivity contribution >= 4 is 29.4 Å². The Hall–Kier alpha value is -2.51. The summed E-state index contributed by atoms with van der Waals surface area (Å²) in [6.07, 6.45) is 3.16. The molecule has 1 aliphatic rings. The van der Waals surface area contributed by atoms with E-state index < -0.39 is 12.0 Å². The van der Waals surface area contributed by atoms with Gasteiger partial charge in [-0.2, -0.15) is 0 Å². The predicted molar refractivity (Wildman–Crippen MR) is 132 cm³/mol. The summed E-state index contributed by atoms with van der Waals surface area (Å²) in [5, 5.41) is 3.28. The van der Waals surface area contributed by atoms with E-state index in [9.17, 15) is 9.59 Å². The lowest BCUT2D eigenvalue weighted by atomic mass is 10.1. The minimum Gasteiger partial charge on any atom is -0.428 e. The van der Waals surface area contributed by atoms with E-state index in [1.165, 1.54) is 16.0 Å². The van der Waals surface area contributed by atoms with Gasteiger partial charge < -0.3 is 19.7 Å². The van der Waals surface area contributed by atoms with Gasteiger partial charge in [0.25, 0.3) is 0 Å². The molecule has 1 atom stereocenters. The molecule has 6 nitrogen and oxygen atoms in total. The van der Waals surface area contributed by atoms with Crippen LogP contribution in [0.2, 0.25) is 0 Å². The summed E-state index contributed by atoms with van der Waals surface area (Å²) in [4.78, 5) is 29.0. The van der Waals surface area contributed by atoms with Gasteiger partial charge in [-0.3, -0.25) is 4.79 Å². The molecule has 1 saturated heterocycles. The van der Waals surface area contributed by atoms with Crippen molar-refractivity contribution in [2.75, 3.05) is 31.3 Å². The van der Waals surface area contributed by atoms with Crippen molar-refractivity contribution in [2.24, 2.45) is 0 Å². The predicted octanol–water partition coefficient (Wildman–Crippen LogP) is 4.86. The summed E-state index contributed by atoms with van der Waals surface area (Å²) in [6, 6.07) is 14.1. The molecule has 0 saturated carbocycles. The first-order valence-corrected chi connectivity index (χ1v) is 12.4. The average Bonchev–Trinajstić information content (AvgIpc) is 2.81. The van der Waals surface area contributed by atoms with Gasteiger partial charge in [0.1, 0.15) is 6.04 Å². The number of rotatable bonds is 10. The molecular weight excluding hydrogens is 436 g/mol. The zero-order valence-electron chi connectivity index (χ0n) is 19.8. The first kappa shape index (κ1) is 25.1. The molecule has 1 fully saturated rings. The number of anilines is 1. The third-order valence-electron chi connectivity index (χ3n) is 5.65. The molecule has 0 spiro atoms. The lowest BCUT2D eigenvalue weighted by Gasteiger charge is -2.37. The van der Waals surface area contributed by atoms with Gasteiger partial charge in [0, 0.05) is 35.8 Å². The van der Waals surface area contributed by atoms with Crippen LogP contribution < -0.4 is 10.2 Å². The van der Waals surface area contributed by atoms with Crippen LogP contribution in [-0.2, 0) is 19.1 Å². The molecule has 2 aromatic carbocycles. The zero-order chi connectivity index (χ0) is 23.6. The van der Waals surface area contributed by atoms with Gasteiger partial charge >= 0.3 is 11.9 Å². The lowest BCUT2D eigenvalue weighted by molar-refractivity contribution is -0.168. The van der Waals surface area contributed by atoms with E-state index in [-0.39, 0.29) is 12.8 Å². The van der Waals surface area contributed by atoms with Gasteiger partial charge in [0.2, 0.25) is 6.79 Å². The van der Waals surface area contributed by atoms with Gasteiger partial charge in [-0.1, -0.05) is 61.4 Å². The number of hydrogen-bond donors (Lipinski definition) is 1. The summed E-state index contributed by atoms with van der Waals surface area (Å²) < 4.78 is 10.4. The van der Waals surface area contributed by atoms with E-state index in [1.54, 1.807) is 11.8 Å². The van der Waals surface area contributed by atoms with Gasteiger partial charge in [-0.15, -0.1) is 0 Å². The largest absolute Gasteiger partial charge is 0.428 e. The van der Waals surface area contributed by atoms with E-state index in [1.807, 2.05) is 18.2 Å². The van der Waals surface area contributed by atoms with Gasteiger partial charge in [-0.25, -0.2) is 4.79 Å². The Morgan fingerprint density at radius 2 is 1.91 bits per heavy atom. The zero-order valence-corrected chi connectivity index (χ0v) is 20.6. The molecular formula is C26H34N2O4S. The molecule has 1 unspecified atom stereocenters. The molecule has 7 heteroatoms. The first-order valence-electron chi connectivity index (χ1n) is 11.6. The number of para-hydroxylation sites is 1. The van der Waals surface area contributed by atoms with Crippen LogP contribution in [0.1, 0.15) is 43.7 Å². The highest BCUT2D eigenvalue weighted by Gasteiger charge is 2.31. The number of aryl methyl sites for hydroxylation is 2. The fraction of sp³-hybridized carbons (Fsp3) is 0.462. The summed E-state index contributed by atoms with van der Waals surface area (Å²) in [5.41, 5.74) is 3.47. The topological polar surface area (TPSA) is 67.9 Å². The van der Waals surface area contributed by atoms with Crippen LogP contribution in [0.5, 0.6) is 0 Å². The van der Waals surface area contributed by atoms with Gasteiger partial charge in [0.15, 0.2) is 0 Å². The van der Waals surface area contributed by atoms with Crippen molar-refractivity contribution in [2.45, 2.75) is 62.3 Å². The number of nitrogens with one attached hydrogen (secondary N) is 1. The quantitative estimate of drug-likeness (QED) is 0.302. The van der Waals surface area contributed by atoms with Crippen molar-refractivity contribution in [1.29, 1.82) is 0 Å². The molecule has 178 valence electrons. The molecule has 2 aromatic rings. The normalized spacial score (nSPS) is 15.8. The van der Waals surface area contributed by atoms with Crippen LogP contribution >= 0.6 is 11.8 Å². The number of esters is 2. The molecule has 0 amide bonds. The van der Waals surface area contributed by atoms with Crippen LogP contribution in [-0.4, -0.2) is 44.4 Å². The molecule has 1 aliphatic heterocycles. The minimum atomic E-state index is -0.488. The fourth-order valence-corrected chi connectivity index (χ4v) is 4.89. The standard InChI is InChI=1S/C26H34N2O4S/c1-4-5-6-11-25(29)31-18-32-26(30)22-17-27-14-15-28(22)21-9-7-8-10-24(21)33-23-13-12-19(2)16-20(23)3/h7-10,12-13,16,22,27H,4-6,11,14-15,17-18H2,1-3H3. The van der Waals surface area contributed by atoms with E-state index in [0.29, 0.717) is 19.5 Å². The number of unbranched alkanes of at least 4 members (excludes halogenated alkanes) is 2. The Kier molecular flexibility index (Phi) is 9.63. The lowest BCUT2D eigenvalue weighted by Crippen LogP contribution is -2.56. The third kappa shape index (κ3) is 7.24. The van der Waals surface area contributed by atoms with Gasteiger partial charge in [-0.05, 0) is 44.0 Å². The van der Waals surface area contributed by atoms with Crippen LogP contribution in [0.25, 0.3) is 0 Å². The highest BCUT2D eigenvalue weighted by molar-refractivity contribution is 7.99. The van der Waals surface area contributed by atoms with Crippen molar-refractivity contribution in [1.82, 2.24) is 5.32 Å². The first-order chi connectivity index (χ1) is 16.0. The Labute approximate surface area is 201 Å². The minimum absolute atomic E-state index is 0.329. The smallest absolute Gasteiger partial charge is 0.332 e. The Balaban J connectivity index is 1.67. The second kappa shape index (κ2) is 12.7. The second-order valence-corrected chi connectivity index (χ2v) is 9.39. The van der Waals surface area contributed by atoms with Crippen molar-refractivity contribution in [3.63, 3.8) is 0 Å². The molecule has 3 rings (SSSR count). The molecule has 1 N–H and O–H groups in total. The summed E-state index contributed by atoms with van der Waals surface area (Å²) in [7, 11) is 0. The number of piperazine rings is 1. The summed E-state index contributed by atoms with van der Waals surface area (Å²) in [5.74, 6) is -0.722. The molecule has 33 heavy (non-hydrogen) atoms. The maximum absolute atomic E-state index is 12.9. The maximum atomic E-state index is 12.9. The number of carbonyl (C=O) groups is 2. The highest BCUT2D eigenvalue weighted by atomic mass is 32.2. The van der Waals surface area contributed by atoms with Crippen LogP contribution in [0, 0.1) is 13.8 Å². The molecule has 0 aromatic heterocycles. The SMILES string of the molecule is CCCCCC(=O)OCOC(=O)C1CNCCN1c1ccccc1Sc1ccc(C)cc1C. The molecule has 0 aliphatic carbocycles. The van der Waals surface area contributed by atoms with Crippen LogP contribution in [0.15, 0.2) is 52.3 Å². The number of ether oxygens (including phenoxy) is 2. The average molecular weight is 471 g/mol.